The van der Waals surface area contributed by atoms with Gasteiger partial charge in [-0.05, 0) is 104 Å². The first kappa shape index (κ1) is 29.7. The molecule has 3 saturated carbocycles. The second kappa shape index (κ2) is 10.3. The molecule has 0 aromatic rings. The van der Waals surface area contributed by atoms with Crippen LogP contribution in [0.1, 0.15) is 80.1 Å². The summed E-state index contributed by atoms with van der Waals surface area (Å²) < 4.78 is 46.1. The zero-order valence-corrected chi connectivity index (χ0v) is 27.0. The third kappa shape index (κ3) is 4.83. The summed E-state index contributed by atoms with van der Waals surface area (Å²) in [7, 11) is -2.10. The van der Waals surface area contributed by atoms with Crippen LogP contribution in [0.3, 0.4) is 0 Å². The summed E-state index contributed by atoms with van der Waals surface area (Å²) in [5, 5.41) is 0.121. The fourth-order valence-electron chi connectivity index (χ4n) is 9.57. The van der Waals surface area contributed by atoms with Crippen molar-refractivity contribution in [2.24, 2.45) is 51.8 Å². The van der Waals surface area contributed by atoms with Gasteiger partial charge in [-0.3, -0.25) is 4.57 Å². The Morgan fingerprint density at radius 2 is 1.70 bits per heavy atom. The third-order valence-corrected chi connectivity index (χ3v) is 13.9. The molecule has 0 bridgehead atoms. The van der Waals surface area contributed by atoms with E-state index in [0.29, 0.717) is 41.1 Å². The molecular weight excluding hydrogens is 502 g/mol. The van der Waals surface area contributed by atoms with Gasteiger partial charge in [0.25, 0.3) is 0 Å². The molecule has 9 atom stereocenters. The smallest absolute Gasteiger partial charge is 0.363 e. The molecule has 37 heavy (non-hydrogen) atoms. The second-order valence-corrected chi connectivity index (χ2v) is 18.9. The van der Waals surface area contributed by atoms with Crippen molar-refractivity contribution in [2.45, 2.75) is 99.3 Å². The van der Waals surface area contributed by atoms with Crippen LogP contribution in [0, 0.1) is 51.8 Å². The van der Waals surface area contributed by atoms with E-state index in [4.69, 9.17) is 13.5 Å². The van der Waals surface area contributed by atoms with Gasteiger partial charge in [-0.15, -0.1) is 0 Å². The number of allylic oxidation sites excluding steroid dienone is 4. The third-order valence-electron chi connectivity index (χ3n) is 11.2. The minimum Gasteiger partial charge on any atom is -0.417 e. The largest absolute Gasteiger partial charge is 0.417 e. The molecule has 4 aliphatic carbocycles. The summed E-state index contributed by atoms with van der Waals surface area (Å²) in [6.45, 7) is 18.9. The molecule has 0 radical (unpaired) electrons. The molecule has 0 saturated heterocycles. The summed E-state index contributed by atoms with van der Waals surface area (Å²) >= 11 is 0. The van der Waals surface area contributed by atoms with E-state index in [9.17, 15) is 4.57 Å². The maximum absolute atomic E-state index is 16.0. The monoisotopic (exact) mass is 554 g/mol. The van der Waals surface area contributed by atoms with Crippen LogP contribution in [0.15, 0.2) is 23.3 Å². The molecule has 0 heterocycles. The van der Waals surface area contributed by atoms with E-state index >= 15 is 4.39 Å². The Balaban J connectivity index is 1.60. The predicted molar refractivity (Wildman–Crippen MR) is 153 cm³/mol. The minimum atomic E-state index is -3.62. The van der Waals surface area contributed by atoms with Crippen LogP contribution in [0.5, 0.6) is 0 Å². The van der Waals surface area contributed by atoms with Crippen molar-refractivity contribution < 1.29 is 22.4 Å². The Kier molecular flexibility index (Phi) is 8.26. The quantitative estimate of drug-likeness (QED) is 0.233. The molecule has 3 fully saturated rings. The van der Waals surface area contributed by atoms with E-state index < -0.39 is 16.6 Å². The van der Waals surface area contributed by atoms with Crippen molar-refractivity contribution in [3.05, 3.63) is 23.3 Å². The highest BCUT2D eigenvalue weighted by Crippen LogP contribution is 2.70. The Labute approximate surface area is 227 Å². The maximum Gasteiger partial charge on any atom is 0.363 e. The number of rotatable bonds is 7. The molecule has 4 nitrogen and oxygen atoms in total. The lowest BCUT2D eigenvalue weighted by molar-refractivity contribution is -0.0915. The highest BCUT2D eigenvalue weighted by Gasteiger charge is 2.61. The topological polar surface area (TPSA) is 44.8 Å². The Morgan fingerprint density at radius 1 is 1.05 bits per heavy atom. The van der Waals surface area contributed by atoms with Crippen LogP contribution in [-0.4, -0.2) is 29.4 Å². The molecule has 0 N–H and O–H groups in total. The molecule has 212 valence electrons. The number of hydrogen-bond donors (Lipinski definition) is 0. The van der Waals surface area contributed by atoms with E-state index in [1.54, 1.807) is 6.08 Å². The zero-order chi connectivity index (χ0) is 27.6. The van der Waals surface area contributed by atoms with E-state index in [1.807, 2.05) is 0 Å². The normalized spacial score (nSPS) is 39.8. The van der Waals surface area contributed by atoms with Gasteiger partial charge in [-0.25, -0.2) is 4.39 Å². The molecule has 0 aromatic carbocycles. The first-order valence-electron chi connectivity index (χ1n) is 14.6. The summed E-state index contributed by atoms with van der Waals surface area (Å²) in [5.74, 6) is 2.42. The van der Waals surface area contributed by atoms with Crippen LogP contribution in [0.2, 0.25) is 13.1 Å². The predicted octanol–water partition coefficient (Wildman–Crippen LogP) is 8.75. The van der Waals surface area contributed by atoms with E-state index in [2.05, 4.69) is 60.7 Å². The van der Waals surface area contributed by atoms with Gasteiger partial charge < -0.3 is 13.5 Å². The standard InChI is InChI=1S/C30H52FO4PSi/c1-19(27(28(2,3)4)35-37(9)10)21-13-14-22-20-11-12-24-26(31)25(36(32,33-7)34-8)16-18-30(24,6)23(20)15-17-29(21,22)5/h16,18-24,27,37H,11-15,17H2,1-10H3/t19?,20-,21+,22-,23-,24-,27?,29+,30+/m0/s1. The molecule has 2 unspecified atom stereocenters. The molecule has 0 amide bonds. The first-order chi connectivity index (χ1) is 17.1. The van der Waals surface area contributed by atoms with Gasteiger partial charge in [-0.2, -0.15) is 0 Å². The van der Waals surface area contributed by atoms with E-state index in [-0.39, 0.29) is 27.9 Å². The van der Waals surface area contributed by atoms with Crippen molar-refractivity contribution in [2.75, 3.05) is 14.2 Å². The van der Waals surface area contributed by atoms with Gasteiger partial charge in [0.2, 0.25) is 0 Å². The van der Waals surface area contributed by atoms with Crippen molar-refractivity contribution in [1.29, 1.82) is 0 Å². The van der Waals surface area contributed by atoms with Crippen molar-refractivity contribution in [3.63, 3.8) is 0 Å². The fraction of sp³-hybridized carbons (Fsp3) is 0.867. The second-order valence-electron chi connectivity index (χ2n) is 14.4. The summed E-state index contributed by atoms with van der Waals surface area (Å²) in [6.07, 6.45) is 10.9. The molecule has 0 spiro atoms. The van der Waals surface area contributed by atoms with Crippen molar-refractivity contribution in [3.8, 4) is 0 Å². The van der Waals surface area contributed by atoms with Gasteiger partial charge in [-0.1, -0.05) is 47.6 Å². The highest BCUT2D eigenvalue weighted by molar-refractivity contribution is 7.58. The lowest BCUT2D eigenvalue weighted by Gasteiger charge is -2.59. The lowest BCUT2D eigenvalue weighted by atomic mass is 9.46. The highest BCUT2D eigenvalue weighted by atomic mass is 31.2. The van der Waals surface area contributed by atoms with Crippen molar-refractivity contribution >= 4 is 16.6 Å². The Hall–Kier alpha value is -0.263. The van der Waals surface area contributed by atoms with Crippen molar-refractivity contribution in [1.82, 2.24) is 0 Å². The van der Waals surface area contributed by atoms with Gasteiger partial charge in [0.1, 0.15) is 5.83 Å². The summed E-state index contributed by atoms with van der Waals surface area (Å²) in [5.41, 5.74) is 0.190. The average molecular weight is 555 g/mol. The van der Waals surface area contributed by atoms with Gasteiger partial charge in [0.05, 0.1) is 11.4 Å². The SMILES string of the molecule is COP(=O)(OC)C1=C(F)[C@@H]2CC[C@@H]3[C@H](CC[C@]4(C)[C@@H](C(C)C(O[SiH](C)C)C(C)(C)C)CC[C@@H]34)[C@@]2(C)C=C1. The number of hydrogen-bond acceptors (Lipinski definition) is 4. The maximum atomic E-state index is 16.0. The van der Waals surface area contributed by atoms with E-state index in [1.165, 1.54) is 33.5 Å². The van der Waals surface area contributed by atoms with Crippen LogP contribution >= 0.6 is 7.60 Å². The summed E-state index contributed by atoms with van der Waals surface area (Å²) in [4.78, 5) is 0. The van der Waals surface area contributed by atoms with Crippen LogP contribution in [0.4, 0.5) is 4.39 Å². The number of fused-ring (bicyclic) bond motifs is 5. The number of halogens is 1. The molecule has 4 rings (SSSR count). The van der Waals surface area contributed by atoms with Gasteiger partial charge in [0, 0.05) is 20.1 Å². The van der Waals surface area contributed by atoms with Crippen LogP contribution in [-0.2, 0) is 18.0 Å². The Bertz CT molecular complexity index is 965. The summed E-state index contributed by atoms with van der Waals surface area (Å²) in [6, 6.07) is 0. The molecule has 0 aliphatic heterocycles. The fourth-order valence-corrected chi connectivity index (χ4v) is 12.0. The molecule has 4 aliphatic rings. The van der Waals surface area contributed by atoms with Crippen LogP contribution < -0.4 is 0 Å². The van der Waals surface area contributed by atoms with Crippen LogP contribution in [0.25, 0.3) is 0 Å². The Morgan fingerprint density at radius 3 is 2.27 bits per heavy atom. The van der Waals surface area contributed by atoms with Gasteiger partial charge in [0.15, 0.2) is 9.04 Å². The average Bonchev–Trinajstić information content (AvgIpc) is 3.18. The molecule has 7 heteroatoms. The minimum absolute atomic E-state index is 0.121. The molecular formula is C30H52FO4PSi. The molecule has 0 aromatic heterocycles. The lowest BCUT2D eigenvalue weighted by Crippen LogP contribution is -2.53. The van der Waals surface area contributed by atoms with Gasteiger partial charge >= 0.3 is 7.60 Å². The first-order valence-corrected chi connectivity index (χ1v) is 18.9. The van der Waals surface area contributed by atoms with E-state index in [0.717, 1.165) is 19.3 Å². The zero-order valence-electron chi connectivity index (χ0n) is 25.0.